The largest absolute Gasteiger partial charge is 0.303 e. The predicted molar refractivity (Wildman–Crippen MR) is 52.2 cm³/mol. The summed E-state index contributed by atoms with van der Waals surface area (Å²) in [6, 6.07) is 0.927. The average Bonchev–Trinajstić information content (AvgIpc) is 2.50. The van der Waals surface area contributed by atoms with Gasteiger partial charge < -0.3 is 4.90 Å². The summed E-state index contributed by atoms with van der Waals surface area (Å²) in [7, 11) is 2.32. The molecule has 2 fully saturated rings. The van der Waals surface area contributed by atoms with Gasteiger partial charge in [0.1, 0.15) is 0 Å². The molecule has 0 aromatic rings. The highest BCUT2D eigenvalue weighted by molar-refractivity contribution is 4.98. The Morgan fingerprint density at radius 3 is 2.75 bits per heavy atom. The van der Waals surface area contributed by atoms with Crippen LogP contribution in [0.2, 0.25) is 0 Å². The summed E-state index contributed by atoms with van der Waals surface area (Å²) >= 11 is 0. The van der Waals surface area contributed by atoms with E-state index in [9.17, 15) is 0 Å². The van der Waals surface area contributed by atoms with Gasteiger partial charge in [0.25, 0.3) is 0 Å². The first kappa shape index (κ1) is 8.55. The van der Waals surface area contributed by atoms with Crippen LogP contribution in [0.25, 0.3) is 0 Å². The molecule has 1 saturated heterocycles. The second-order valence-corrected chi connectivity index (χ2v) is 4.71. The third-order valence-corrected chi connectivity index (χ3v) is 4.28. The van der Waals surface area contributed by atoms with Gasteiger partial charge in [-0.3, -0.25) is 0 Å². The summed E-state index contributed by atoms with van der Waals surface area (Å²) in [5, 5.41) is 0. The standard InChI is InChI=1S/C11H21N/c1-3-11-7-4-6-10(11)12(2)9-5-8-11/h10H,3-9H2,1-2H3. The number of rotatable bonds is 1. The molecule has 1 nitrogen and oxygen atoms in total. The van der Waals surface area contributed by atoms with Crippen molar-refractivity contribution in [1.29, 1.82) is 0 Å². The first-order valence-corrected chi connectivity index (χ1v) is 5.49. The monoisotopic (exact) mass is 167 g/mol. The van der Waals surface area contributed by atoms with Crippen LogP contribution in [0, 0.1) is 5.41 Å². The molecule has 0 amide bonds. The summed E-state index contributed by atoms with van der Waals surface area (Å²) in [4.78, 5) is 2.61. The lowest BCUT2D eigenvalue weighted by Gasteiger charge is -2.44. The summed E-state index contributed by atoms with van der Waals surface area (Å²) in [6.45, 7) is 3.73. The Bertz CT molecular complexity index is 166. The molecule has 0 bridgehead atoms. The van der Waals surface area contributed by atoms with Crippen LogP contribution in [0.1, 0.15) is 45.4 Å². The SMILES string of the molecule is CCC12CCCC1N(C)CCC2. The Morgan fingerprint density at radius 2 is 2.08 bits per heavy atom. The zero-order valence-corrected chi connectivity index (χ0v) is 8.47. The van der Waals surface area contributed by atoms with E-state index in [1.807, 2.05) is 0 Å². The number of fused-ring (bicyclic) bond motifs is 1. The molecule has 1 heterocycles. The lowest BCUT2D eigenvalue weighted by Crippen LogP contribution is -2.46. The molecule has 1 aliphatic carbocycles. The highest BCUT2D eigenvalue weighted by Gasteiger charge is 2.44. The molecule has 1 saturated carbocycles. The van der Waals surface area contributed by atoms with Crippen molar-refractivity contribution in [3.63, 3.8) is 0 Å². The Balaban J connectivity index is 2.17. The molecule has 0 N–H and O–H groups in total. The van der Waals surface area contributed by atoms with Crippen LogP contribution in [-0.4, -0.2) is 24.5 Å². The van der Waals surface area contributed by atoms with E-state index in [1.54, 1.807) is 0 Å². The van der Waals surface area contributed by atoms with Crippen LogP contribution < -0.4 is 0 Å². The molecular weight excluding hydrogens is 146 g/mol. The highest BCUT2D eigenvalue weighted by Crippen LogP contribution is 2.49. The van der Waals surface area contributed by atoms with Crippen LogP contribution in [-0.2, 0) is 0 Å². The minimum absolute atomic E-state index is 0.729. The van der Waals surface area contributed by atoms with Gasteiger partial charge in [-0.25, -0.2) is 0 Å². The summed E-state index contributed by atoms with van der Waals surface area (Å²) in [5.74, 6) is 0. The fourth-order valence-electron chi connectivity index (χ4n) is 3.53. The van der Waals surface area contributed by atoms with Crippen molar-refractivity contribution in [2.75, 3.05) is 13.6 Å². The van der Waals surface area contributed by atoms with Crippen molar-refractivity contribution in [3.05, 3.63) is 0 Å². The third kappa shape index (κ3) is 1.10. The lowest BCUT2D eigenvalue weighted by molar-refractivity contribution is 0.0527. The van der Waals surface area contributed by atoms with E-state index in [4.69, 9.17) is 0 Å². The van der Waals surface area contributed by atoms with Gasteiger partial charge >= 0.3 is 0 Å². The maximum absolute atomic E-state index is 2.61. The van der Waals surface area contributed by atoms with Crippen molar-refractivity contribution in [1.82, 2.24) is 4.90 Å². The molecular formula is C11H21N. The van der Waals surface area contributed by atoms with Gasteiger partial charge in [-0.2, -0.15) is 0 Å². The van der Waals surface area contributed by atoms with Gasteiger partial charge in [0.15, 0.2) is 0 Å². The van der Waals surface area contributed by atoms with Gasteiger partial charge in [0.05, 0.1) is 0 Å². The topological polar surface area (TPSA) is 3.24 Å². The van der Waals surface area contributed by atoms with E-state index in [0.717, 1.165) is 11.5 Å². The van der Waals surface area contributed by atoms with Crippen molar-refractivity contribution in [3.8, 4) is 0 Å². The Kier molecular flexibility index (Phi) is 2.16. The maximum Gasteiger partial charge on any atom is 0.0148 e. The molecule has 0 spiro atoms. The fraction of sp³-hybridized carbons (Fsp3) is 1.00. The molecule has 0 radical (unpaired) electrons. The van der Waals surface area contributed by atoms with E-state index in [-0.39, 0.29) is 0 Å². The van der Waals surface area contributed by atoms with Gasteiger partial charge in [-0.15, -0.1) is 0 Å². The summed E-state index contributed by atoms with van der Waals surface area (Å²) in [6.07, 6.45) is 8.77. The summed E-state index contributed by atoms with van der Waals surface area (Å²) in [5.41, 5.74) is 0.729. The second-order valence-electron chi connectivity index (χ2n) is 4.71. The van der Waals surface area contributed by atoms with Crippen LogP contribution >= 0.6 is 0 Å². The van der Waals surface area contributed by atoms with E-state index in [1.165, 1.54) is 45.1 Å². The van der Waals surface area contributed by atoms with Crippen LogP contribution in [0.4, 0.5) is 0 Å². The van der Waals surface area contributed by atoms with E-state index < -0.39 is 0 Å². The number of hydrogen-bond acceptors (Lipinski definition) is 1. The molecule has 2 aliphatic rings. The first-order chi connectivity index (χ1) is 5.78. The van der Waals surface area contributed by atoms with E-state index in [0.29, 0.717) is 0 Å². The number of nitrogens with zero attached hydrogens (tertiary/aromatic N) is 1. The molecule has 1 heteroatoms. The minimum Gasteiger partial charge on any atom is -0.303 e. The fourth-order valence-corrected chi connectivity index (χ4v) is 3.53. The zero-order valence-electron chi connectivity index (χ0n) is 8.47. The van der Waals surface area contributed by atoms with Gasteiger partial charge in [-0.1, -0.05) is 13.3 Å². The maximum atomic E-state index is 2.61. The Morgan fingerprint density at radius 1 is 1.33 bits per heavy atom. The van der Waals surface area contributed by atoms with Crippen molar-refractivity contribution in [2.24, 2.45) is 5.41 Å². The first-order valence-electron chi connectivity index (χ1n) is 5.49. The number of hydrogen-bond donors (Lipinski definition) is 0. The molecule has 0 aromatic carbocycles. The summed E-state index contributed by atoms with van der Waals surface area (Å²) < 4.78 is 0. The molecule has 2 rings (SSSR count). The normalized spacial score (nSPS) is 43.0. The Labute approximate surface area is 76.1 Å². The minimum atomic E-state index is 0.729. The van der Waals surface area contributed by atoms with Crippen molar-refractivity contribution < 1.29 is 0 Å². The van der Waals surface area contributed by atoms with Gasteiger partial charge in [-0.05, 0) is 51.1 Å². The molecule has 12 heavy (non-hydrogen) atoms. The average molecular weight is 167 g/mol. The quantitative estimate of drug-likeness (QED) is 0.580. The van der Waals surface area contributed by atoms with Gasteiger partial charge in [0.2, 0.25) is 0 Å². The van der Waals surface area contributed by atoms with Crippen LogP contribution in [0.5, 0.6) is 0 Å². The smallest absolute Gasteiger partial charge is 0.0148 e. The molecule has 0 aromatic heterocycles. The lowest BCUT2D eigenvalue weighted by atomic mass is 9.73. The number of likely N-dealkylation sites (tertiary alicyclic amines) is 1. The number of piperidine rings is 1. The predicted octanol–water partition coefficient (Wildman–Crippen LogP) is 2.66. The zero-order chi connectivity index (χ0) is 8.60. The molecule has 1 aliphatic heterocycles. The van der Waals surface area contributed by atoms with Gasteiger partial charge in [0, 0.05) is 6.04 Å². The van der Waals surface area contributed by atoms with Crippen molar-refractivity contribution in [2.45, 2.75) is 51.5 Å². The second kappa shape index (κ2) is 3.02. The highest BCUT2D eigenvalue weighted by atomic mass is 15.2. The Hall–Kier alpha value is -0.0400. The van der Waals surface area contributed by atoms with Crippen LogP contribution in [0.3, 0.4) is 0 Å². The van der Waals surface area contributed by atoms with E-state index >= 15 is 0 Å². The molecule has 2 atom stereocenters. The third-order valence-electron chi connectivity index (χ3n) is 4.28. The van der Waals surface area contributed by atoms with E-state index in [2.05, 4.69) is 18.9 Å². The molecule has 2 unspecified atom stereocenters. The van der Waals surface area contributed by atoms with Crippen LogP contribution in [0.15, 0.2) is 0 Å². The van der Waals surface area contributed by atoms with Crippen molar-refractivity contribution >= 4 is 0 Å². The molecule has 70 valence electrons.